The Balaban J connectivity index is 1.83. The zero-order valence-corrected chi connectivity index (χ0v) is 15.9. The van der Waals surface area contributed by atoms with Crippen LogP contribution in [-0.4, -0.2) is 52.4 Å². The van der Waals surface area contributed by atoms with Crippen LogP contribution in [0.5, 0.6) is 0 Å². The second kappa shape index (κ2) is 7.40. The first-order valence-corrected chi connectivity index (χ1v) is 9.82. The van der Waals surface area contributed by atoms with E-state index in [2.05, 4.69) is 0 Å². The van der Waals surface area contributed by atoms with Gasteiger partial charge in [0.05, 0.1) is 16.1 Å². The van der Waals surface area contributed by atoms with Gasteiger partial charge in [0.1, 0.15) is 0 Å². The number of benzene rings is 2. The summed E-state index contributed by atoms with van der Waals surface area (Å²) in [6, 6.07) is 13.0. The van der Waals surface area contributed by atoms with E-state index in [1.807, 2.05) is 12.1 Å². The van der Waals surface area contributed by atoms with E-state index in [0.717, 1.165) is 5.56 Å². The molecule has 142 valence electrons. The lowest BCUT2D eigenvalue weighted by atomic mass is 10.2. The summed E-state index contributed by atoms with van der Waals surface area (Å²) in [6.07, 6.45) is 0.643. The summed E-state index contributed by atoms with van der Waals surface area (Å²) in [5.74, 6) is -1.11. The van der Waals surface area contributed by atoms with E-state index in [9.17, 15) is 18.0 Å². The van der Waals surface area contributed by atoms with Crippen molar-refractivity contribution < 1.29 is 22.7 Å². The average Bonchev–Trinajstić information content (AvgIpc) is 3.10. The number of fused-ring (bicyclic) bond motifs is 1. The Bertz CT molecular complexity index is 985. The van der Waals surface area contributed by atoms with Gasteiger partial charge in [-0.2, -0.15) is 0 Å². The first-order valence-electron chi connectivity index (χ1n) is 8.38. The van der Waals surface area contributed by atoms with Gasteiger partial charge in [-0.25, -0.2) is 13.2 Å². The van der Waals surface area contributed by atoms with E-state index in [4.69, 9.17) is 4.74 Å². The van der Waals surface area contributed by atoms with Crippen LogP contribution in [-0.2, 0) is 26.0 Å². The average molecular weight is 388 g/mol. The number of anilines is 1. The predicted molar refractivity (Wildman–Crippen MR) is 100 cm³/mol. The van der Waals surface area contributed by atoms with Gasteiger partial charge in [0.2, 0.25) is 0 Å². The summed E-state index contributed by atoms with van der Waals surface area (Å²) >= 11 is 0. The molecule has 0 radical (unpaired) electrons. The molecule has 3 rings (SSSR count). The van der Waals surface area contributed by atoms with Gasteiger partial charge in [-0.3, -0.25) is 9.10 Å². The molecule has 7 nitrogen and oxygen atoms in total. The minimum Gasteiger partial charge on any atom is -0.452 e. The number of carbonyl (C=O) groups is 2. The first-order chi connectivity index (χ1) is 12.8. The molecule has 0 saturated heterocycles. The smallest absolute Gasteiger partial charge is 0.338 e. The summed E-state index contributed by atoms with van der Waals surface area (Å²) in [7, 11) is -0.697. The predicted octanol–water partition coefficient (Wildman–Crippen LogP) is 1.68. The Morgan fingerprint density at radius 2 is 1.85 bits per heavy atom. The van der Waals surface area contributed by atoms with Crippen molar-refractivity contribution in [2.75, 3.05) is 31.6 Å². The zero-order chi connectivity index (χ0) is 19.6. The van der Waals surface area contributed by atoms with E-state index >= 15 is 0 Å². The van der Waals surface area contributed by atoms with Gasteiger partial charge in [-0.05, 0) is 36.2 Å². The standard InChI is InChI=1S/C19H20N2O5S/c1-20(2)18(22)13-26-19(23)15-7-5-8-16(12-15)27(24,25)21-11-10-14-6-3-4-9-17(14)21/h3-9,12H,10-11,13H2,1-2H3. The second-order valence-electron chi connectivity index (χ2n) is 6.35. The molecule has 8 heteroatoms. The van der Waals surface area contributed by atoms with Crippen molar-refractivity contribution in [1.82, 2.24) is 4.90 Å². The highest BCUT2D eigenvalue weighted by atomic mass is 32.2. The van der Waals surface area contributed by atoms with Gasteiger partial charge in [0.25, 0.3) is 15.9 Å². The van der Waals surface area contributed by atoms with E-state index < -0.39 is 22.6 Å². The number of carbonyl (C=O) groups excluding carboxylic acids is 2. The van der Waals surface area contributed by atoms with Crippen molar-refractivity contribution in [1.29, 1.82) is 0 Å². The molecule has 1 aliphatic rings. The van der Waals surface area contributed by atoms with Crippen LogP contribution < -0.4 is 4.31 Å². The van der Waals surface area contributed by atoms with Crippen LogP contribution in [0.1, 0.15) is 15.9 Å². The molecule has 2 aromatic carbocycles. The monoisotopic (exact) mass is 388 g/mol. The van der Waals surface area contributed by atoms with Crippen LogP contribution in [0.2, 0.25) is 0 Å². The number of nitrogens with zero attached hydrogens (tertiary/aromatic N) is 2. The molecule has 0 spiro atoms. The molecule has 0 unspecified atom stereocenters. The molecule has 0 bridgehead atoms. The molecular weight excluding hydrogens is 368 g/mol. The van der Waals surface area contributed by atoms with Crippen molar-refractivity contribution in [2.24, 2.45) is 0 Å². The maximum Gasteiger partial charge on any atom is 0.338 e. The highest BCUT2D eigenvalue weighted by Gasteiger charge is 2.31. The van der Waals surface area contributed by atoms with E-state index in [1.165, 1.54) is 33.5 Å². The molecule has 0 saturated carbocycles. The van der Waals surface area contributed by atoms with Gasteiger partial charge in [0, 0.05) is 20.6 Å². The van der Waals surface area contributed by atoms with Crippen molar-refractivity contribution in [2.45, 2.75) is 11.3 Å². The van der Waals surface area contributed by atoms with Crippen LogP contribution in [0.15, 0.2) is 53.4 Å². The van der Waals surface area contributed by atoms with E-state index in [-0.39, 0.29) is 16.4 Å². The fourth-order valence-corrected chi connectivity index (χ4v) is 4.36. The molecule has 1 amide bonds. The molecule has 27 heavy (non-hydrogen) atoms. The Morgan fingerprint density at radius 1 is 1.11 bits per heavy atom. The zero-order valence-electron chi connectivity index (χ0n) is 15.1. The Morgan fingerprint density at radius 3 is 2.59 bits per heavy atom. The van der Waals surface area contributed by atoms with Crippen molar-refractivity contribution in [3.63, 3.8) is 0 Å². The van der Waals surface area contributed by atoms with Gasteiger partial charge in [-0.1, -0.05) is 24.3 Å². The molecule has 0 aliphatic carbocycles. The summed E-state index contributed by atoms with van der Waals surface area (Å²) in [5, 5.41) is 0. The van der Waals surface area contributed by atoms with Crippen LogP contribution in [0.25, 0.3) is 0 Å². The molecule has 0 fully saturated rings. The summed E-state index contributed by atoms with van der Waals surface area (Å²) in [4.78, 5) is 25.0. The lowest BCUT2D eigenvalue weighted by molar-refractivity contribution is -0.131. The van der Waals surface area contributed by atoms with Crippen LogP contribution in [0.4, 0.5) is 5.69 Å². The van der Waals surface area contributed by atoms with Crippen LogP contribution >= 0.6 is 0 Å². The summed E-state index contributed by atoms with van der Waals surface area (Å²) in [6.45, 7) is -0.0456. The van der Waals surface area contributed by atoms with Crippen molar-refractivity contribution in [3.8, 4) is 0 Å². The topological polar surface area (TPSA) is 84.0 Å². The number of likely N-dealkylation sites (N-methyl/N-ethyl adjacent to an activating group) is 1. The molecular formula is C19H20N2O5S. The van der Waals surface area contributed by atoms with Crippen LogP contribution in [0.3, 0.4) is 0 Å². The molecule has 2 aromatic rings. The maximum absolute atomic E-state index is 13.0. The second-order valence-corrected chi connectivity index (χ2v) is 8.21. The highest BCUT2D eigenvalue weighted by Crippen LogP contribution is 2.32. The van der Waals surface area contributed by atoms with Gasteiger partial charge < -0.3 is 9.64 Å². The summed E-state index contributed by atoms with van der Waals surface area (Å²) in [5.41, 5.74) is 1.70. The maximum atomic E-state index is 13.0. The van der Waals surface area contributed by atoms with Gasteiger partial charge in [-0.15, -0.1) is 0 Å². The number of rotatable bonds is 5. The minimum absolute atomic E-state index is 0.00703. The minimum atomic E-state index is -3.80. The number of para-hydroxylation sites is 1. The number of sulfonamides is 1. The van der Waals surface area contributed by atoms with E-state index in [1.54, 1.807) is 26.2 Å². The number of hydrogen-bond acceptors (Lipinski definition) is 5. The summed E-state index contributed by atoms with van der Waals surface area (Å²) < 4.78 is 32.4. The Labute approximate surface area is 158 Å². The van der Waals surface area contributed by atoms with Crippen molar-refractivity contribution in [3.05, 3.63) is 59.7 Å². The normalized spacial score (nSPS) is 13.2. The third-order valence-electron chi connectivity index (χ3n) is 4.33. The molecule has 0 atom stereocenters. The number of ether oxygens (including phenoxy) is 1. The number of amides is 1. The van der Waals surface area contributed by atoms with E-state index in [0.29, 0.717) is 18.7 Å². The number of esters is 1. The largest absolute Gasteiger partial charge is 0.452 e. The lowest BCUT2D eigenvalue weighted by Crippen LogP contribution is -2.29. The van der Waals surface area contributed by atoms with Crippen LogP contribution in [0, 0.1) is 0 Å². The van der Waals surface area contributed by atoms with Gasteiger partial charge in [0.15, 0.2) is 6.61 Å². The molecule has 0 aromatic heterocycles. The third-order valence-corrected chi connectivity index (χ3v) is 6.14. The Kier molecular flexibility index (Phi) is 5.18. The quantitative estimate of drug-likeness (QED) is 0.728. The SMILES string of the molecule is CN(C)C(=O)COC(=O)c1cccc(S(=O)(=O)N2CCc3ccccc32)c1. The van der Waals surface area contributed by atoms with Gasteiger partial charge >= 0.3 is 5.97 Å². The fraction of sp³-hybridized carbons (Fsp3) is 0.263. The Hall–Kier alpha value is -2.87. The lowest BCUT2D eigenvalue weighted by Gasteiger charge is -2.19. The first kappa shape index (κ1) is 18.9. The molecule has 0 N–H and O–H groups in total. The third kappa shape index (κ3) is 3.80. The fourth-order valence-electron chi connectivity index (χ4n) is 2.81. The molecule has 1 heterocycles. The number of hydrogen-bond donors (Lipinski definition) is 0. The van der Waals surface area contributed by atoms with Crippen molar-refractivity contribution >= 4 is 27.6 Å². The molecule has 1 aliphatic heterocycles. The highest BCUT2D eigenvalue weighted by molar-refractivity contribution is 7.92.